The molecule has 0 radical (unpaired) electrons. The minimum Gasteiger partial charge on any atom is -0.487 e. The molecular formula is C20H18N2O2S2. The van der Waals surface area contributed by atoms with Crippen LogP contribution < -0.4 is 10.1 Å². The molecule has 132 valence electrons. The standard InChI is InChI=1S/C20H18N2O2S2/c23-20(22-18-9-10-26-19-4-2-1-3-17(18)19)14-5-7-16(8-6-14)24-11-15-12-25-13-21-15/h1-8,12-13,18H,9-11H2,(H,22,23). The second kappa shape index (κ2) is 7.93. The molecule has 0 fully saturated rings. The molecule has 2 heterocycles. The number of thiazole rings is 1. The average Bonchev–Trinajstić information content (AvgIpc) is 3.21. The van der Waals surface area contributed by atoms with Gasteiger partial charge in [-0.15, -0.1) is 23.1 Å². The van der Waals surface area contributed by atoms with Crippen molar-refractivity contribution in [2.24, 2.45) is 0 Å². The Labute approximate surface area is 160 Å². The number of rotatable bonds is 5. The van der Waals surface area contributed by atoms with Crippen molar-refractivity contribution in [2.75, 3.05) is 5.75 Å². The summed E-state index contributed by atoms with van der Waals surface area (Å²) in [5, 5.41) is 5.12. The zero-order valence-electron chi connectivity index (χ0n) is 14.1. The molecule has 0 bridgehead atoms. The molecule has 1 unspecified atom stereocenters. The number of thioether (sulfide) groups is 1. The predicted octanol–water partition coefficient (Wildman–Crippen LogP) is 4.69. The molecule has 0 saturated heterocycles. The number of hydrogen-bond acceptors (Lipinski definition) is 5. The van der Waals surface area contributed by atoms with Crippen molar-refractivity contribution in [3.05, 3.63) is 76.2 Å². The van der Waals surface area contributed by atoms with Crippen LogP contribution in [-0.2, 0) is 6.61 Å². The number of benzene rings is 2. The van der Waals surface area contributed by atoms with E-state index in [1.165, 1.54) is 10.5 Å². The highest BCUT2D eigenvalue weighted by molar-refractivity contribution is 7.99. The van der Waals surface area contributed by atoms with E-state index in [2.05, 4.69) is 22.4 Å². The first kappa shape index (κ1) is 17.1. The van der Waals surface area contributed by atoms with Crippen LogP contribution in [0.25, 0.3) is 0 Å². The van der Waals surface area contributed by atoms with E-state index < -0.39 is 0 Å². The summed E-state index contributed by atoms with van der Waals surface area (Å²) in [4.78, 5) is 18.1. The Hall–Kier alpha value is -2.31. The first-order valence-corrected chi connectivity index (χ1v) is 10.3. The summed E-state index contributed by atoms with van der Waals surface area (Å²) in [5.74, 6) is 1.70. The fourth-order valence-electron chi connectivity index (χ4n) is 2.90. The highest BCUT2D eigenvalue weighted by Gasteiger charge is 2.22. The molecule has 3 aromatic rings. The van der Waals surface area contributed by atoms with E-state index in [1.54, 1.807) is 29.0 Å². The van der Waals surface area contributed by atoms with E-state index in [4.69, 9.17) is 4.74 Å². The van der Waals surface area contributed by atoms with Gasteiger partial charge in [-0.25, -0.2) is 4.98 Å². The molecule has 1 atom stereocenters. The number of fused-ring (bicyclic) bond motifs is 1. The first-order chi connectivity index (χ1) is 12.8. The number of nitrogens with one attached hydrogen (secondary N) is 1. The molecule has 1 aliphatic heterocycles. The minimum absolute atomic E-state index is 0.0530. The van der Waals surface area contributed by atoms with Crippen molar-refractivity contribution in [3.63, 3.8) is 0 Å². The van der Waals surface area contributed by atoms with Gasteiger partial charge < -0.3 is 10.1 Å². The second-order valence-corrected chi connectivity index (χ2v) is 7.85. The highest BCUT2D eigenvalue weighted by Crippen LogP contribution is 2.35. The van der Waals surface area contributed by atoms with Gasteiger partial charge in [0.1, 0.15) is 12.4 Å². The lowest BCUT2D eigenvalue weighted by Gasteiger charge is -2.25. The summed E-state index contributed by atoms with van der Waals surface area (Å²) in [5.41, 5.74) is 4.54. The van der Waals surface area contributed by atoms with Crippen molar-refractivity contribution >= 4 is 29.0 Å². The Kier molecular flexibility index (Phi) is 5.22. The van der Waals surface area contributed by atoms with Crippen LogP contribution in [0.3, 0.4) is 0 Å². The van der Waals surface area contributed by atoms with E-state index in [0.29, 0.717) is 12.2 Å². The second-order valence-electron chi connectivity index (χ2n) is 5.99. The smallest absolute Gasteiger partial charge is 0.251 e. The number of amides is 1. The normalized spacial score (nSPS) is 15.9. The topological polar surface area (TPSA) is 51.2 Å². The van der Waals surface area contributed by atoms with Gasteiger partial charge in [-0.1, -0.05) is 18.2 Å². The zero-order chi connectivity index (χ0) is 17.8. The van der Waals surface area contributed by atoms with Crippen LogP contribution >= 0.6 is 23.1 Å². The molecule has 4 rings (SSSR count). The summed E-state index contributed by atoms with van der Waals surface area (Å²) in [6.07, 6.45) is 0.947. The largest absolute Gasteiger partial charge is 0.487 e. The Morgan fingerprint density at radius 3 is 2.85 bits per heavy atom. The zero-order valence-corrected chi connectivity index (χ0v) is 15.7. The van der Waals surface area contributed by atoms with E-state index in [9.17, 15) is 4.79 Å². The first-order valence-electron chi connectivity index (χ1n) is 8.42. The minimum atomic E-state index is -0.0530. The van der Waals surface area contributed by atoms with E-state index in [-0.39, 0.29) is 11.9 Å². The fraction of sp³-hybridized carbons (Fsp3) is 0.200. The van der Waals surface area contributed by atoms with Crippen molar-refractivity contribution in [1.29, 1.82) is 0 Å². The molecule has 2 aromatic carbocycles. The van der Waals surface area contributed by atoms with Gasteiger partial charge in [0.05, 0.1) is 17.2 Å². The summed E-state index contributed by atoms with van der Waals surface area (Å²) >= 11 is 3.40. The Morgan fingerprint density at radius 2 is 2.04 bits per heavy atom. The Bertz CT molecular complexity index is 879. The van der Waals surface area contributed by atoms with E-state index in [1.807, 2.05) is 41.4 Å². The number of carbonyl (C=O) groups excluding carboxylic acids is 1. The Balaban J connectivity index is 1.39. The summed E-state index contributed by atoms with van der Waals surface area (Å²) in [6.45, 7) is 0.436. The molecular weight excluding hydrogens is 364 g/mol. The van der Waals surface area contributed by atoms with Gasteiger partial charge in [-0.2, -0.15) is 0 Å². The quantitative estimate of drug-likeness (QED) is 0.696. The molecule has 0 aliphatic carbocycles. The number of carbonyl (C=O) groups is 1. The summed E-state index contributed by atoms with van der Waals surface area (Å²) in [6, 6.07) is 15.6. The third-order valence-electron chi connectivity index (χ3n) is 4.25. The van der Waals surface area contributed by atoms with Crippen LogP contribution in [0.5, 0.6) is 5.75 Å². The van der Waals surface area contributed by atoms with Gasteiger partial charge >= 0.3 is 0 Å². The van der Waals surface area contributed by atoms with Crippen molar-refractivity contribution in [2.45, 2.75) is 24.0 Å². The summed E-state index contributed by atoms with van der Waals surface area (Å²) in [7, 11) is 0. The number of ether oxygens (including phenoxy) is 1. The average molecular weight is 383 g/mol. The molecule has 1 amide bonds. The molecule has 1 aromatic heterocycles. The molecule has 1 N–H and O–H groups in total. The van der Waals surface area contributed by atoms with Crippen LogP contribution in [0.1, 0.15) is 34.1 Å². The van der Waals surface area contributed by atoms with Crippen molar-refractivity contribution < 1.29 is 9.53 Å². The molecule has 26 heavy (non-hydrogen) atoms. The van der Waals surface area contributed by atoms with Crippen molar-refractivity contribution in [1.82, 2.24) is 10.3 Å². The molecule has 6 heteroatoms. The predicted molar refractivity (Wildman–Crippen MR) is 105 cm³/mol. The van der Waals surface area contributed by atoms with Crippen LogP contribution in [0, 0.1) is 0 Å². The van der Waals surface area contributed by atoms with Crippen LogP contribution in [0.2, 0.25) is 0 Å². The van der Waals surface area contributed by atoms with Gasteiger partial charge in [0.15, 0.2) is 0 Å². The lowest BCUT2D eigenvalue weighted by atomic mass is 10.0. The van der Waals surface area contributed by atoms with Gasteiger partial charge in [0.2, 0.25) is 0 Å². The monoisotopic (exact) mass is 382 g/mol. The molecule has 0 saturated carbocycles. The van der Waals surface area contributed by atoms with Gasteiger partial charge in [-0.3, -0.25) is 4.79 Å². The molecule has 0 spiro atoms. The number of hydrogen-bond donors (Lipinski definition) is 1. The maximum absolute atomic E-state index is 12.6. The third-order valence-corrected chi connectivity index (χ3v) is 6.01. The van der Waals surface area contributed by atoms with Crippen LogP contribution in [0.4, 0.5) is 0 Å². The lowest BCUT2D eigenvalue weighted by Crippen LogP contribution is -2.30. The maximum atomic E-state index is 12.6. The summed E-state index contributed by atoms with van der Waals surface area (Å²) < 4.78 is 5.69. The number of aromatic nitrogens is 1. The van der Waals surface area contributed by atoms with Crippen LogP contribution in [0.15, 0.2) is 64.3 Å². The van der Waals surface area contributed by atoms with E-state index in [0.717, 1.165) is 23.6 Å². The fourth-order valence-corrected chi connectivity index (χ4v) is 4.57. The third kappa shape index (κ3) is 3.92. The lowest BCUT2D eigenvalue weighted by molar-refractivity contribution is 0.0935. The van der Waals surface area contributed by atoms with Gasteiger partial charge in [-0.05, 0) is 42.3 Å². The highest BCUT2D eigenvalue weighted by atomic mass is 32.2. The maximum Gasteiger partial charge on any atom is 0.251 e. The van der Waals surface area contributed by atoms with Crippen LogP contribution in [-0.4, -0.2) is 16.6 Å². The molecule has 1 aliphatic rings. The van der Waals surface area contributed by atoms with Gasteiger partial charge in [0.25, 0.3) is 5.91 Å². The Morgan fingerprint density at radius 1 is 1.19 bits per heavy atom. The molecule has 4 nitrogen and oxygen atoms in total. The SMILES string of the molecule is O=C(NC1CCSc2ccccc21)c1ccc(OCc2cscn2)cc1. The van der Waals surface area contributed by atoms with Crippen molar-refractivity contribution in [3.8, 4) is 5.75 Å². The van der Waals surface area contributed by atoms with Gasteiger partial charge in [0, 0.05) is 21.6 Å². The van der Waals surface area contributed by atoms with E-state index >= 15 is 0 Å². The number of nitrogens with zero attached hydrogens (tertiary/aromatic N) is 1.